The van der Waals surface area contributed by atoms with Crippen LogP contribution < -0.4 is 5.56 Å². The van der Waals surface area contributed by atoms with Crippen molar-refractivity contribution in [1.82, 2.24) is 9.47 Å². The van der Waals surface area contributed by atoms with Gasteiger partial charge < -0.3 is 14.2 Å². The lowest BCUT2D eigenvalue weighted by Crippen LogP contribution is -2.48. The largest absolute Gasteiger partial charge is 0.381 e. The van der Waals surface area contributed by atoms with Gasteiger partial charge in [-0.1, -0.05) is 36.4 Å². The molecular weight excluding hydrogens is 316 g/mol. The molecule has 1 aromatic heterocycles. The van der Waals surface area contributed by atoms with Gasteiger partial charge in [0.25, 0.3) is 5.56 Å². The molecule has 132 valence electrons. The Morgan fingerprint density at radius 1 is 1.16 bits per heavy atom. The van der Waals surface area contributed by atoms with E-state index in [0.29, 0.717) is 13.1 Å². The second-order valence-electron chi connectivity index (χ2n) is 6.52. The second-order valence-corrected chi connectivity index (χ2v) is 6.52. The Bertz CT molecular complexity index is 757. The van der Waals surface area contributed by atoms with Crippen LogP contribution in [-0.2, 0) is 22.5 Å². The van der Waals surface area contributed by atoms with E-state index in [1.54, 1.807) is 25.4 Å². The summed E-state index contributed by atoms with van der Waals surface area (Å²) < 4.78 is 7.10. The predicted octanol–water partition coefficient (Wildman–Crippen LogP) is 1.95. The highest BCUT2D eigenvalue weighted by molar-refractivity contribution is 5.76. The number of piperidine rings is 1. The fraction of sp³-hybridized carbons (Fsp3) is 0.400. The molecule has 1 saturated heterocycles. The van der Waals surface area contributed by atoms with Gasteiger partial charge in [-0.3, -0.25) is 9.59 Å². The summed E-state index contributed by atoms with van der Waals surface area (Å²) in [5.41, 5.74) is 1.10. The Hall–Kier alpha value is -2.40. The monoisotopic (exact) mass is 340 g/mol. The maximum atomic E-state index is 12.6. The van der Waals surface area contributed by atoms with E-state index in [0.717, 1.165) is 12.8 Å². The van der Waals surface area contributed by atoms with Gasteiger partial charge in [0.2, 0.25) is 5.91 Å². The molecule has 1 amide bonds. The fourth-order valence-corrected chi connectivity index (χ4v) is 3.50. The van der Waals surface area contributed by atoms with Gasteiger partial charge in [-0.2, -0.15) is 0 Å². The molecule has 1 aromatic carbocycles. The first-order valence-corrected chi connectivity index (χ1v) is 8.67. The molecule has 2 aromatic rings. The lowest BCUT2D eigenvalue weighted by Gasteiger charge is -2.38. The highest BCUT2D eigenvalue weighted by Gasteiger charge is 2.31. The number of rotatable bonds is 5. The number of hydrogen-bond acceptors (Lipinski definition) is 3. The molecule has 1 aliphatic heterocycles. The van der Waals surface area contributed by atoms with Crippen molar-refractivity contribution in [2.45, 2.75) is 25.5 Å². The van der Waals surface area contributed by atoms with Crippen molar-refractivity contribution >= 4 is 5.91 Å². The minimum atomic E-state index is -0.150. The summed E-state index contributed by atoms with van der Waals surface area (Å²) in [6.45, 7) is 1.42. The van der Waals surface area contributed by atoms with E-state index in [4.69, 9.17) is 4.74 Å². The van der Waals surface area contributed by atoms with Crippen LogP contribution in [0.4, 0.5) is 0 Å². The average molecular weight is 340 g/mol. The van der Waals surface area contributed by atoms with Gasteiger partial charge >= 0.3 is 0 Å². The van der Waals surface area contributed by atoms with E-state index < -0.39 is 0 Å². The van der Waals surface area contributed by atoms with Crippen LogP contribution in [0.3, 0.4) is 0 Å². The number of aromatic nitrogens is 1. The summed E-state index contributed by atoms with van der Waals surface area (Å²) in [6.07, 6.45) is 3.52. The Morgan fingerprint density at radius 2 is 1.92 bits per heavy atom. The predicted molar refractivity (Wildman–Crippen MR) is 96.3 cm³/mol. The Kier molecular flexibility index (Phi) is 5.66. The number of hydrogen-bond donors (Lipinski definition) is 0. The van der Waals surface area contributed by atoms with Gasteiger partial charge in [-0.15, -0.1) is 0 Å². The minimum Gasteiger partial charge on any atom is -0.381 e. The first-order chi connectivity index (χ1) is 12.2. The van der Waals surface area contributed by atoms with Crippen molar-refractivity contribution in [2.24, 2.45) is 5.92 Å². The van der Waals surface area contributed by atoms with Crippen molar-refractivity contribution < 1.29 is 9.53 Å². The number of nitrogens with zero attached hydrogens (tertiary/aromatic N) is 2. The van der Waals surface area contributed by atoms with Crippen LogP contribution in [-0.4, -0.2) is 41.7 Å². The number of benzene rings is 1. The molecule has 0 spiro atoms. The molecule has 0 N–H and O–H groups in total. The smallest absolute Gasteiger partial charge is 0.250 e. The van der Waals surface area contributed by atoms with E-state index in [9.17, 15) is 9.59 Å². The van der Waals surface area contributed by atoms with Crippen molar-refractivity contribution in [3.63, 3.8) is 0 Å². The molecule has 0 unspecified atom stereocenters. The number of ether oxygens (including phenoxy) is 1. The number of pyridine rings is 1. The van der Waals surface area contributed by atoms with Gasteiger partial charge in [0.1, 0.15) is 6.54 Å². The summed E-state index contributed by atoms with van der Waals surface area (Å²) in [4.78, 5) is 26.3. The van der Waals surface area contributed by atoms with Crippen molar-refractivity contribution in [3.05, 3.63) is 70.6 Å². The van der Waals surface area contributed by atoms with Crippen LogP contribution >= 0.6 is 0 Å². The number of carbonyl (C=O) groups excluding carboxylic acids is 1. The van der Waals surface area contributed by atoms with Crippen LogP contribution in [0.2, 0.25) is 0 Å². The normalized spacial score (nSPS) is 20.4. The van der Waals surface area contributed by atoms with Crippen LogP contribution in [0.1, 0.15) is 12.0 Å². The Labute approximate surface area is 147 Å². The van der Waals surface area contributed by atoms with Gasteiger partial charge in [0.05, 0.1) is 6.10 Å². The quantitative estimate of drug-likeness (QED) is 0.836. The Balaban J connectivity index is 1.67. The lowest BCUT2D eigenvalue weighted by atomic mass is 9.88. The summed E-state index contributed by atoms with van der Waals surface area (Å²) >= 11 is 0. The van der Waals surface area contributed by atoms with E-state index in [1.807, 2.05) is 23.1 Å². The summed E-state index contributed by atoms with van der Waals surface area (Å²) in [5, 5.41) is 0. The molecule has 0 bridgehead atoms. The standard InChI is InChI=1S/C20H24N2O3/c1-25-18-10-12-22(14-17(18)13-16-7-3-2-4-8-16)20(24)15-21-11-6-5-9-19(21)23/h2-9,11,17-18H,10,12-15H2,1H3/t17-,18-/m1/s1. The molecule has 1 fully saturated rings. The third-order valence-corrected chi connectivity index (χ3v) is 4.86. The zero-order valence-electron chi connectivity index (χ0n) is 14.5. The molecule has 3 rings (SSSR count). The van der Waals surface area contributed by atoms with Crippen molar-refractivity contribution in [3.8, 4) is 0 Å². The first kappa shape index (κ1) is 17.4. The van der Waals surface area contributed by atoms with Crippen molar-refractivity contribution in [1.29, 1.82) is 0 Å². The Morgan fingerprint density at radius 3 is 2.64 bits per heavy atom. The third-order valence-electron chi connectivity index (χ3n) is 4.86. The molecule has 0 saturated carbocycles. The van der Waals surface area contributed by atoms with Crippen LogP contribution in [0, 0.1) is 5.92 Å². The molecule has 5 heteroatoms. The number of carbonyl (C=O) groups is 1. The SMILES string of the molecule is CO[C@@H]1CCN(C(=O)Cn2ccccc2=O)C[C@H]1Cc1ccccc1. The van der Waals surface area contributed by atoms with Crippen molar-refractivity contribution in [2.75, 3.05) is 20.2 Å². The highest BCUT2D eigenvalue weighted by Crippen LogP contribution is 2.24. The molecule has 0 radical (unpaired) electrons. The lowest BCUT2D eigenvalue weighted by molar-refractivity contribution is -0.136. The van der Waals surface area contributed by atoms with E-state index in [1.165, 1.54) is 16.2 Å². The fourth-order valence-electron chi connectivity index (χ4n) is 3.50. The maximum absolute atomic E-state index is 12.6. The molecule has 5 nitrogen and oxygen atoms in total. The van der Waals surface area contributed by atoms with Gasteiger partial charge in [0.15, 0.2) is 0 Å². The maximum Gasteiger partial charge on any atom is 0.250 e. The topological polar surface area (TPSA) is 51.5 Å². The second kappa shape index (κ2) is 8.12. The molecule has 0 aliphatic carbocycles. The van der Waals surface area contributed by atoms with Gasteiger partial charge in [-0.25, -0.2) is 0 Å². The minimum absolute atomic E-state index is 0.0130. The zero-order chi connectivity index (χ0) is 17.6. The van der Waals surface area contributed by atoms with Crippen LogP contribution in [0.25, 0.3) is 0 Å². The zero-order valence-corrected chi connectivity index (χ0v) is 14.5. The highest BCUT2D eigenvalue weighted by atomic mass is 16.5. The van der Waals surface area contributed by atoms with E-state index in [2.05, 4.69) is 12.1 Å². The summed E-state index contributed by atoms with van der Waals surface area (Å²) in [5.74, 6) is 0.249. The first-order valence-electron chi connectivity index (χ1n) is 8.67. The van der Waals surface area contributed by atoms with E-state index in [-0.39, 0.29) is 30.0 Å². The van der Waals surface area contributed by atoms with Crippen LogP contribution in [0.15, 0.2) is 59.5 Å². The molecule has 25 heavy (non-hydrogen) atoms. The third kappa shape index (κ3) is 4.37. The number of amides is 1. The van der Waals surface area contributed by atoms with Crippen LogP contribution in [0.5, 0.6) is 0 Å². The molecular formula is C20H24N2O3. The molecule has 1 aliphatic rings. The van der Waals surface area contributed by atoms with Gasteiger partial charge in [-0.05, 0) is 24.5 Å². The summed E-state index contributed by atoms with van der Waals surface area (Å²) in [6, 6.07) is 15.2. The molecule has 2 heterocycles. The number of likely N-dealkylation sites (tertiary alicyclic amines) is 1. The summed E-state index contributed by atoms with van der Waals surface area (Å²) in [7, 11) is 1.74. The van der Waals surface area contributed by atoms with Gasteiger partial charge in [0, 0.05) is 38.4 Å². The number of methoxy groups -OCH3 is 1. The van der Waals surface area contributed by atoms with E-state index >= 15 is 0 Å². The molecule has 2 atom stereocenters. The average Bonchev–Trinajstić information content (AvgIpc) is 2.64.